The van der Waals surface area contributed by atoms with E-state index in [1.165, 1.54) is 30.7 Å². The SMILES string of the molecule is CP(=O)([O-])OCCC([SiH3])([SiH3])[SiH3].[Na+]. The van der Waals surface area contributed by atoms with E-state index in [1.807, 2.05) is 0 Å². The Morgan fingerprint density at radius 1 is 1.50 bits per heavy atom. The molecule has 0 saturated heterocycles. The summed E-state index contributed by atoms with van der Waals surface area (Å²) in [5.74, 6) is 0. The predicted molar refractivity (Wildman–Crippen MR) is 56.6 cm³/mol. The molecule has 0 N–H and O–H groups in total. The zero-order valence-corrected chi connectivity index (χ0v) is 17.5. The molecular weight excluding hydrogens is 234 g/mol. The molecule has 0 rings (SSSR count). The van der Waals surface area contributed by atoms with E-state index in [-0.39, 0.29) is 29.6 Å². The van der Waals surface area contributed by atoms with Gasteiger partial charge in [0.15, 0.2) is 0 Å². The van der Waals surface area contributed by atoms with Crippen molar-refractivity contribution in [1.82, 2.24) is 0 Å². The molecule has 0 radical (unpaired) electrons. The van der Waals surface area contributed by atoms with Crippen LogP contribution in [0, 0.1) is 0 Å². The first-order chi connectivity index (χ1) is 4.71. The normalized spacial score (nSPS) is 21.2. The molecular formula is C4H16NaO3PSi3. The minimum Gasteiger partial charge on any atom is -0.779 e. The molecule has 0 fully saturated rings. The van der Waals surface area contributed by atoms with Crippen molar-refractivity contribution >= 4 is 38.3 Å². The molecule has 0 amide bonds. The molecule has 0 aromatic rings. The zero-order chi connectivity index (χ0) is 9.12. The molecule has 0 saturated carbocycles. The van der Waals surface area contributed by atoms with E-state index in [2.05, 4.69) is 4.52 Å². The standard InChI is InChI=1S/C4H17O3PSi3.Na/c1-8(5,6)7-3-2-4(9,10)11;/h2-3H2,1,9-11H3,(H,5,6);/q;+1/p-1. The van der Waals surface area contributed by atoms with Crippen molar-refractivity contribution in [2.24, 2.45) is 0 Å². The Bertz CT molecular complexity index is 165. The molecule has 0 heterocycles. The summed E-state index contributed by atoms with van der Waals surface area (Å²) in [5.41, 5.74) is 0. The fourth-order valence-electron chi connectivity index (χ4n) is 0.518. The summed E-state index contributed by atoms with van der Waals surface area (Å²) in [6, 6.07) is 0. The molecule has 0 aromatic heterocycles. The molecule has 8 heteroatoms. The smallest absolute Gasteiger partial charge is 0.779 e. The van der Waals surface area contributed by atoms with Crippen LogP contribution in [-0.4, -0.2) is 44.0 Å². The van der Waals surface area contributed by atoms with Gasteiger partial charge in [-0.1, -0.05) is 4.28 Å². The third-order valence-electron chi connectivity index (χ3n) is 1.18. The Balaban J connectivity index is 0. The van der Waals surface area contributed by atoms with Gasteiger partial charge in [0.05, 0.1) is 6.61 Å². The summed E-state index contributed by atoms with van der Waals surface area (Å²) in [7, 11) is 0.0870. The summed E-state index contributed by atoms with van der Waals surface area (Å²) in [6.45, 7) is 1.52. The van der Waals surface area contributed by atoms with Crippen molar-refractivity contribution in [3.8, 4) is 0 Å². The summed E-state index contributed by atoms with van der Waals surface area (Å²) in [5, 5.41) is 0. The fraction of sp³-hybridized carbons (Fsp3) is 1.00. The summed E-state index contributed by atoms with van der Waals surface area (Å²) in [4.78, 5) is 10.6. The van der Waals surface area contributed by atoms with E-state index in [9.17, 15) is 9.46 Å². The van der Waals surface area contributed by atoms with Crippen LogP contribution in [0.3, 0.4) is 0 Å². The number of hydrogen-bond donors (Lipinski definition) is 0. The third-order valence-corrected chi connectivity index (χ3v) is 3.33. The molecule has 0 aliphatic rings. The van der Waals surface area contributed by atoms with Crippen LogP contribution in [-0.2, 0) is 9.09 Å². The van der Waals surface area contributed by atoms with E-state index in [4.69, 9.17) is 0 Å². The second-order valence-electron chi connectivity index (χ2n) is 3.92. The molecule has 1 unspecified atom stereocenters. The van der Waals surface area contributed by atoms with E-state index in [1.54, 1.807) is 0 Å². The first-order valence-corrected chi connectivity index (χ1v) is 8.63. The summed E-state index contributed by atoms with van der Waals surface area (Å²) in [6.07, 6.45) is 0.942. The van der Waals surface area contributed by atoms with Crippen LogP contribution in [0.15, 0.2) is 0 Å². The van der Waals surface area contributed by atoms with Gasteiger partial charge >= 0.3 is 29.6 Å². The van der Waals surface area contributed by atoms with E-state index < -0.39 is 7.60 Å². The van der Waals surface area contributed by atoms with Crippen molar-refractivity contribution in [2.75, 3.05) is 13.3 Å². The van der Waals surface area contributed by atoms with Gasteiger partial charge < -0.3 is 14.0 Å². The van der Waals surface area contributed by atoms with Gasteiger partial charge in [0.25, 0.3) is 0 Å². The van der Waals surface area contributed by atoms with Crippen LogP contribution in [0.2, 0.25) is 4.28 Å². The minimum atomic E-state index is -3.46. The molecule has 1 atom stereocenters. The van der Waals surface area contributed by atoms with Crippen molar-refractivity contribution in [1.29, 1.82) is 0 Å². The first-order valence-electron chi connectivity index (χ1n) is 3.64. The molecule has 0 spiro atoms. The van der Waals surface area contributed by atoms with Gasteiger partial charge in [-0.2, -0.15) is 0 Å². The maximum Gasteiger partial charge on any atom is 1.00 e. The van der Waals surface area contributed by atoms with Gasteiger partial charge in [0.2, 0.25) is 0 Å². The minimum absolute atomic E-state index is 0. The molecule has 68 valence electrons. The Morgan fingerprint density at radius 3 is 2.17 bits per heavy atom. The third kappa shape index (κ3) is 14.3. The molecule has 0 aliphatic carbocycles. The topological polar surface area (TPSA) is 49.4 Å². The maximum atomic E-state index is 10.6. The van der Waals surface area contributed by atoms with Gasteiger partial charge in [0, 0.05) is 37.4 Å². The molecule has 0 aromatic carbocycles. The van der Waals surface area contributed by atoms with Crippen LogP contribution < -0.4 is 34.5 Å². The summed E-state index contributed by atoms with van der Waals surface area (Å²) < 4.78 is 15.8. The van der Waals surface area contributed by atoms with Crippen molar-refractivity contribution < 1.29 is 43.5 Å². The zero-order valence-electron chi connectivity index (χ0n) is 8.59. The molecule has 3 nitrogen and oxygen atoms in total. The Morgan fingerprint density at radius 2 is 1.92 bits per heavy atom. The van der Waals surface area contributed by atoms with E-state index in [0.717, 1.165) is 13.1 Å². The second-order valence-corrected chi connectivity index (χ2v) is 19.8. The number of hydrogen-bond acceptors (Lipinski definition) is 3. The summed E-state index contributed by atoms with van der Waals surface area (Å²) >= 11 is 0. The van der Waals surface area contributed by atoms with Crippen molar-refractivity contribution in [3.05, 3.63) is 0 Å². The van der Waals surface area contributed by atoms with Crippen LogP contribution in [0.25, 0.3) is 0 Å². The average Bonchev–Trinajstić information content (AvgIpc) is 1.55. The largest absolute Gasteiger partial charge is 1.00 e. The van der Waals surface area contributed by atoms with Crippen LogP contribution in [0.5, 0.6) is 0 Å². The van der Waals surface area contributed by atoms with Crippen LogP contribution in [0.4, 0.5) is 0 Å². The molecule has 0 bridgehead atoms. The fourth-order valence-corrected chi connectivity index (χ4v) is 1.55. The Labute approximate surface area is 105 Å². The quantitative estimate of drug-likeness (QED) is 0.368. The Kier molecular flexibility index (Phi) is 8.55. The van der Waals surface area contributed by atoms with Crippen molar-refractivity contribution in [2.45, 2.75) is 10.7 Å². The Hall–Kier alpha value is 1.80. The van der Waals surface area contributed by atoms with Gasteiger partial charge in [-0.3, -0.25) is 0 Å². The van der Waals surface area contributed by atoms with Gasteiger partial charge in [0.1, 0.15) is 7.60 Å². The van der Waals surface area contributed by atoms with Crippen molar-refractivity contribution in [3.63, 3.8) is 0 Å². The first kappa shape index (κ1) is 16.2. The van der Waals surface area contributed by atoms with Gasteiger partial charge in [-0.15, -0.1) is 0 Å². The molecule has 12 heavy (non-hydrogen) atoms. The van der Waals surface area contributed by atoms with Crippen LogP contribution in [0.1, 0.15) is 6.42 Å². The van der Waals surface area contributed by atoms with E-state index in [0.29, 0.717) is 10.9 Å². The predicted octanol–water partition coefficient (Wildman–Crippen LogP) is -6.25. The van der Waals surface area contributed by atoms with Gasteiger partial charge in [-0.05, 0) is 6.42 Å². The number of rotatable bonds is 4. The second kappa shape index (κ2) is 6.32. The maximum absolute atomic E-state index is 10.6. The van der Waals surface area contributed by atoms with Gasteiger partial charge in [-0.25, -0.2) is 0 Å². The van der Waals surface area contributed by atoms with Crippen LogP contribution >= 0.6 is 7.60 Å². The monoisotopic (exact) mass is 250 g/mol. The van der Waals surface area contributed by atoms with E-state index >= 15 is 0 Å². The average molecular weight is 250 g/mol. The molecule has 0 aliphatic heterocycles.